The quantitative estimate of drug-likeness (QED) is 0.0135. The zero-order valence-corrected chi connectivity index (χ0v) is 50.9. The second-order valence-electron chi connectivity index (χ2n) is 22.0. The number of unbranched alkanes of at least 4 members (excludes halogenated alkanes) is 1. The van der Waals surface area contributed by atoms with Crippen LogP contribution >= 0.6 is 0 Å². The molecule has 490 valence electrons. The first-order valence-corrected chi connectivity index (χ1v) is 30.1. The van der Waals surface area contributed by atoms with E-state index in [9.17, 15) is 57.8 Å². The van der Waals surface area contributed by atoms with Gasteiger partial charge < -0.3 is 86.4 Å². The number of phenolic OH excluding ortho intramolecular Hbond substituents is 1. The second kappa shape index (κ2) is 37.0. The maximum Gasteiger partial charge on any atom is 0.245 e. The number of amides is 11. The van der Waals surface area contributed by atoms with Gasteiger partial charge in [-0.05, 0) is 111 Å². The van der Waals surface area contributed by atoms with E-state index in [0.717, 1.165) is 0 Å². The molecule has 11 amide bonds. The van der Waals surface area contributed by atoms with Crippen LogP contribution in [0.25, 0.3) is 0 Å². The number of hydrogen-bond acceptors (Lipinski definition) is 15. The van der Waals surface area contributed by atoms with Gasteiger partial charge in [0.05, 0.1) is 19.4 Å². The number of ether oxygens (including phenoxy) is 1. The molecule has 28 nitrogen and oxygen atoms in total. The number of guanidine groups is 1. The lowest BCUT2D eigenvalue weighted by Gasteiger charge is -2.31. The summed E-state index contributed by atoms with van der Waals surface area (Å²) in [5, 5.41) is 28.2. The number of carbonyl (C=O) groups excluding carboxylic acids is 11. The number of rotatable bonds is 38. The molecule has 1 aliphatic rings. The van der Waals surface area contributed by atoms with Crippen molar-refractivity contribution in [1.29, 1.82) is 0 Å². The van der Waals surface area contributed by atoms with Crippen LogP contribution in [-0.4, -0.2) is 156 Å². The fraction of sp³-hybridized carbons (Fsp3) is 0.429. The summed E-state index contributed by atoms with van der Waals surface area (Å²) >= 11 is 0. The number of nitrogens with zero attached hydrogens (tertiary/aromatic N) is 2. The van der Waals surface area contributed by atoms with E-state index in [4.69, 9.17) is 39.1 Å². The Bertz CT molecular complexity index is 3130. The SMILES string of the molecule is CCOc1ccc(C[C@@H](NC(=O)Cc2ccccc2)C(=O)N[C@@H](Cc2ccccc2)C(=O)N[C@@H](CCC(N)=O)C(=O)N[C@@H](CC(N)=O)C(=O)N[C@@H](CCCCN)C(=O)N2CCC[C@H]2C(=O)N[C@@H](CCCN=C(N)N)C(=O)N[C@@H](Cc2ccc(O)cc2)C(N)=O)cc1. The third-order valence-corrected chi connectivity index (χ3v) is 14.8. The number of hydrogen-bond donors (Lipinski definition) is 14. The number of benzene rings is 4. The Balaban J connectivity index is 1.37. The van der Waals surface area contributed by atoms with Crippen LogP contribution in [0.3, 0.4) is 0 Å². The van der Waals surface area contributed by atoms with Crippen molar-refractivity contribution < 1.29 is 62.6 Å². The monoisotopic (exact) mass is 1260 g/mol. The zero-order valence-electron chi connectivity index (χ0n) is 50.9. The summed E-state index contributed by atoms with van der Waals surface area (Å²) in [7, 11) is 0. The van der Waals surface area contributed by atoms with Crippen LogP contribution in [0.2, 0.25) is 0 Å². The maximum atomic E-state index is 14.7. The standard InChI is InChI=1S/C63H85N15O13/c1-2-91-43-26-22-41(23-27-43)35-48(71-54(82)36-39-15-7-4-8-16-39)58(86)76-49(34-38-13-5-3-6-14-38)59(87)72-45(28-29-52(65)80)57(85)77-50(37-53(66)81)60(88)74-46(17-9-10-30-64)62(90)78-32-12-19-51(78)61(89)73-44(18-11-31-70-63(68)69)56(84)75-47(55(67)83)33-40-20-24-42(79)25-21-40/h3-8,13-16,20-27,44-51,79H,2,9-12,17-19,28-37,64H2,1H3,(H2,65,80)(H2,66,81)(H2,67,83)(H,71,82)(H,72,87)(H,73,89)(H,74,88)(H,75,84)(H,76,86)(H,77,85)(H4,68,69,70)/t44-,45-,46-,47-,48+,49-,50-,51-/m0/s1. The Morgan fingerprint density at radius 1 is 0.549 bits per heavy atom. The van der Waals surface area contributed by atoms with E-state index in [0.29, 0.717) is 47.5 Å². The molecule has 8 atom stereocenters. The molecule has 0 unspecified atom stereocenters. The summed E-state index contributed by atoms with van der Waals surface area (Å²) in [4.78, 5) is 157. The Hall–Kier alpha value is -10.1. The van der Waals surface area contributed by atoms with Gasteiger partial charge in [0.25, 0.3) is 0 Å². The number of likely N-dealkylation sites (tertiary alicyclic amines) is 1. The molecule has 1 saturated heterocycles. The minimum Gasteiger partial charge on any atom is -0.508 e. The lowest BCUT2D eigenvalue weighted by atomic mass is 10.0. The molecule has 0 spiro atoms. The smallest absolute Gasteiger partial charge is 0.245 e. The molecule has 91 heavy (non-hydrogen) atoms. The Morgan fingerprint density at radius 2 is 1.04 bits per heavy atom. The molecule has 0 aliphatic carbocycles. The number of nitrogens with two attached hydrogens (primary N) is 6. The van der Waals surface area contributed by atoms with Crippen molar-refractivity contribution in [2.75, 3.05) is 26.2 Å². The van der Waals surface area contributed by atoms with Gasteiger partial charge in [-0.2, -0.15) is 0 Å². The summed E-state index contributed by atoms with van der Waals surface area (Å²) < 4.78 is 5.58. The van der Waals surface area contributed by atoms with E-state index < -0.39 is 133 Å². The molecule has 1 fully saturated rings. The topological polar surface area (TPSA) is 473 Å². The third-order valence-electron chi connectivity index (χ3n) is 14.8. The summed E-state index contributed by atoms with van der Waals surface area (Å²) in [6, 6.07) is 18.9. The zero-order chi connectivity index (χ0) is 66.4. The van der Waals surface area contributed by atoms with Gasteiger partial charge in [0.2, 0.25) is 65.0 Å². The average Bonchev–Trinajstić information content (AvgIpc) is 3.09. The number of phenols is 1. The first kappa shape index (κ1) is 71.6. The summed E-state index contributed by atoms with van der Waals surface area (Å²) in [5.41, 5.74) is 36.1. The van der Waals surface area contributed by atoms with Crippen LogP contribution < -0.4 is 76.4 Å². The van der Waals surface area contributed by atoms with E-state index >= 15 is 0 Å². The van der Waals surface area contributed by atoms with Crippen molar-refractivity contribution in [3.63, 3.8) is 0 Å². The Labute approximate surface area is 527 Å². The fourth-order valence-corrected chi connectivity index (χ4v) is 10.1. The number of aliphatic imine (C=N–C) groups is 1. The highest BCUT2D eigenvalue weighted by Crippen LogP contribution is 2.22. The van der Waals surface area contributed by atoms with Crippen molar-refractivity contribution in [1.82, 2.24) is 42.1 Å². The molecule has 0 saturated carbocycles. The van der Waals surface area contributed by atoms with Crippen LogP contribution in [0, 0.1) is 0 Å². The van der Waals surface area contributed by atoms with Crippen molar-refractivity contribution in [3.05, 3.63) is 131 Å². The number of aromatic hydroxyl groups is 1. The molecule has 0 radical (unpaired) electrons. The lowest BCUT2D eigenvalue weighted by molar-refractivity contribution is -0.143. The van der Waals surface area contributed by atoms with Gasteiger partial charge in [0.1, 0.15) is 59.8 Å². The highest BCUT2D eigenvalue weighted by molar-refractivity contribution is 5.99. The number of nitrogens with one attached hydrogen (secondary N) is 7. The van der Waals surface area contributed by atoms with Gasteiger partial charge in [-0.25, -0.2) is 0 Å². The first-order chi connectivity index (χ1) is 43.5. The summed E-state index contributed by atoms with van der Waals surface area (Å²) in [6.45, 7) is 2.54. The summed E-state index contributed by atoms with van der Waals surface area (Å²) in [6.07, 6.45) is -0.827. The second-order valence-corrected chi connectivity index (χ2v) is 22.0. The molecule has 1 aliphatic heterocycles. The van der Waals surface area contributed by atoms with Gasteiger partial charge in [-0.15, -0.1) is 0 Å². The number of carbonyl (C=O) groups is 11. The molecule has 4 aromatic rings. The van der Waals surface area contributed by atoms with E-state index in [1.807, 2.05) is 6.92 Å². The van der Waals surface area contributed by atoms with Gasteiger partial charge in [0.15, 0.2) is 5.96 Å². The molecule has 5 rings (SSSR count). The predicted molar refractivity (Wildman–Crippen MR) is 336 cm³/mol. The van der Waals surface area contributed by atoms with E-state index in [1.54, 1.807) is 97.1 Å². The minimum absolute atomic E-state index is 0.0185. The fourth-order valence-electron chi connectivity index (χ4n) is 10.1. The van der Waals surface area contributed by atoms with Crippen LogP contribution in [0.1, 0.15) is 93.4 Å². The van der Waals surface area contributed by atoms with Crippen molar-refractivity contribution in [2.24, 2.45) is 39.4 Å². The molecular weight excluding hydrogens is 1170 g/mol. The highest BCUT2D eigenvalue weighted by atomic mass is 16.5. The van der Waals surface area contributed by atoms with E-state index in [2.05, 4.69) is 42.2 Å². The molecule has 28 heteroatoms. The van der Waals surface area contributed by atoms with Crippen LogP contribution in [0.5, 0.6) is 11.5 Å². The Morgan fingerprint density at radius 3 is 1.62 bits per heavy atom. The van der Waals surface area contributed by atoms with E-state index in [-0.39, 0.29) is 89.1 Å². The van der Waals surface area contributed by atoms with Gasteiger partial charge in [-0.3, -0.25) is 57.7 Å². The maximum absolute atomic E-state index is 14.7. The van der Waals surface area contributed by atoms with Crippen LogP contribution in [-0.2, 0) is 78.4 Å². The molecule has 4 aromatic carbocycles. The van der Waals surface area contributed by atoms with Crippen molar-refractivity contribution >= 4 is 70.9 Å². The van der Waals surface area contributed by atoms with Gasteiger partial charge >= 0.3 is 0 Å². The van der Waals surface area contributed by atoms with E-state index in [1.165, 1.54) is 17.0 Å². The Kier molecular flexibility index (Phi) is 29.1. The largest absolute Gasteiger partial charge is 0.508 e. The first-order valence-electron chi connectivity index (χ1n) is 30.1. The molecule has 20 N–H and O–H groups in total. The highest BCUT2D eigenvalue weighted by Gasteiger charge is 2.40. The van der Waals surface area contributed by atoms with Crippen molar-refractivity contribution in [2.45, 2.75) is 145 Å². The normalized spacial score (nSPS) is 14.9. The van der Waals surface area contributed by atoms with Crippen LogP contribution in [0.4, 0.5) is 0 Å². The molecule has 0 bridgehead atoms. The van der Waals surface area contributed by atoms with Crippen molar-refractivity contribution in [3.8, 4) is 11.5 Å². The van der Waals surface area contributed by atoms with Crippen LogP contribution in [0.15, 0.2) is 114 Å². The molecule has 0 aromatic heterocycles. The molecular formula is C63H85N15O13. The predicted octanol–water partition coefficient (Wildman–Crippen LogP) is -1.75. The lowest BCUT2D eigenvalue weighted by Crippen LogP contribution is -2.60. The van der Waals surface area contributed by atoms with Gasteiger partial charge in [-0.1, -0.05) is 84.9 Å². The van der Waals surface area contributed by atoms with Gasteiger partial charge in [0, 0.05) is 38.8 Å². The summed E-state index contributed by atoms with van der Waals surface area (Å²) in [5.74, 6) is -9.11. The minimum atomic E-state index is -1.81. The molecule has 1 heterocycles. The number of primary amides is 3. The third kappa shape index (κ3) is 24.8. The average molecular weight is 1260 g/mol.